The highest BCUT2D eigenvalue weighted by atomic mass is 32.1. The summed E-state index contributed by atoms with van der Waals surface area (Å²) in [5, 5.41) is 4.55. The van der Waals surface area contributed by atoms with Gasteiger partial charge < -0.3 is 10.3 Å². The lowest BCUT2D eigenvalue weighted by Crippen LogP contribution is -2.07. The van der Waals surface area contributed by atoms with Gasteiger partial charge in [-0.25, -0.2) is 4.98 Å². The Morgan fingerprint density at radius 3 is 3.12 bits per heavy atom. The van der Waals surface area contributed by atoms with Crippen molar-refractivity contribution >= 4 is 11.3 Å². The quantitative estimate of drug-likeness (QED) is 0.837. The number of nitrogens with one attached hydrogen (secondary N) is 2. The molecule has 1 aliphatic heterocycles. The van der Waals surface area contributed by atoms with Crippen molar-refractivity contribution in [2.24, 2.45) is 0 Å². The third kappa shape index (κ3) is 1.68. The van der Waals surface area contributed by atoms with Crippen LogP contribution in [-0.4, -0.2) is 23.1 Å². The Kier molecular flexibility index (Phi) is 2.53. The number of rotatable bonds is 2. The zero-order valence-electron chi connectivity index (χ0n) is 9.29. The van der Waals surface area contributed by atoms with E-state index in [2.05, 4.69) is 28.3 Å². The van der Waals surface area contributed by atoms with Crippen molar-refractivity contribution in [2.45, 2.75) is 19.3 Å². The second-order valence-electron chi connectivity index (χ2n) is 4.26. The fourth-order valence-corrected chi connectivity index (χ4v) is 3.44. The standard InChI is InChI=1S/C12H15N3S/c1-8-11(9-2-4-13-6-9)16-12(15-8)10-3-5-14-7-10/h3,5,7,9,13-14H,2,4,6H2,1H3. The predicted molar refractivity (Wildman–Crippen MR) is 66.9 cm³/mol. The normalized spacial score (nSPS) is 20.4. The fourth-order valence-electron chi connectivity index (χ4n) is 2.25. The minimum Gasteiger partial charge on any atom is -0.367 e. The molecule has 0 bridgehead atoms. The second kappa shape index (κ2) is 4.03. The van der Waals surface area contributed by atoms with Gasteiger partial charge >= 0.3 is 0 Å². The molecule has 1 saturated heterocycles. The first-order valence-corrected chi connectivity index (χ1v) is 6.47. The third-order valence-electron chi connectivity index (χ3n) is 3.11. The summed E-state index contributed by atoms with van der Waals surface area (Å²) in [7, 11) is 0. The predicted octanol–water partition coefficient (Wildman–Crippen LogP) is 2.52. The number of hydrogen-bond acceptors (Lipinski definition) is 3. The maximum absolute atomic E-state index is 4.67. The summed E-state index contributed by atoms with van der Waals surface area (Å²) in [6.07, 6.45) is 5.20. The van der Waals surface area contributed by atoms with E-state index in [9.17, 15) is 0 Å². The molecule has 0 aromatic carbocycles. The topological polar surface area (TPSA) is 40.7 Å². The monoisotopic (exact) mass is 233 g/mol. The molecule has 4 heteroatoms. The Hall–Kier alpha value is -1.13. The van der Waals surface area contributed by atoms with E-state index in [1.165, 1.54) is 22.6 Å². The first-order chi connectivity index (χ1) is 7.84. The maximum Gasteiger partial charge on any atom is 0.125 e. The molecule has 0 spiro atoms. The minimum absolute atomic E-state index is 0.671. The van der Waals surface area contributed by atoms with Crippen LogP contribution in [0.15, 0.2) is 18.5 Å². The van der Waals surface area contributed by atoms with Crippen molar-refractivity contribution in [2.75, 3.05) is 13.1 Å². The first kappa shape index (κ1) is 10.1. The molecule has 16 heavy (non-hydrogen) atoms. The van der Waals surface area contributed by atoms with Crippen LogP contribution >= 0.6 is 11.3 Å². The highest BCUT2D eigenvalue weighted by molar-refractivity contribution is 7.15. The van der Waals surface area contributed by atoms with Crippen LogP contribution in [-0.2, 0) is 0 Å². The highest BCUT2D eigenvalue weighted by Crippen LogP contribution is 2.34. The fraction of sp³-hybridized carbons (Fsp3) is 0.417. The summed E-state index contributed by atoms with van der Waals surface area (Å²) in [5.74, 6) is 0.671. The van der Waals surface area contributed by atoms with E-state index in [4.69, 9.17) is 0 Å². The molecule has 3 nitrogen and oxygen atoms in total. The largest absolute Gasteiger partial charge is 0.367 e. The number of thiazole rings is 1. The Morgan fingerprint density at radius 1 is 1.50 bits per heavy atom. The molecule has 0 radical (unpaired) electrons. The SMILES string of the molecule is Cc1nc(-c2cc[nH]c2)sc1C1CCNC1. The summed E-state index contributed by atoms with van der Waals surface area (Å²) in [5.41, 5.74) is 2.40. The Labute approximate surface area is 98.9 Å². The number of nitrogens with zero attached hydrogens (tertiary/aromatic N) is 1. The molecule has 1 aliphatic rings. The summed E-state index contributed by atoms with van der Waals surface area (Å²) in [6.45, 7) is 4.37. The van der Waals surface area contributed by atoms with Gasteiger partial charge in [-0.05, 0) is 26.0 Å². The summed E-state index contributed by atoms with van der Waals surface area (Å²) in [4.78, 5) is 9.21. The minimum atomic E-state index is 0.671. The Balaban J connectivity index is 1.95. The van der Waals surface area contributed by atoms with E-state index in [1.54, 1.807) is 0 Å². The highest BCUT2D eigenvalue weighted by Gasteiger charge is 2.22. The van der Waals surface area contributed by atoms with Gasteiger partial charge in [0.25, 0.3) is 0 Å². The van der Waals surface area contributed by atoms with Crippen molar-refractivity contribution in [1.29, 1.82) is 0 Å². The van der Waals surface area contributed by atoms with Gasteiger partial charge in [0.15, 0.2) is 0 Å². The van der Waals surface area contributed by atoms with Gasteiger partial charge in [-0.1, -0.05) is 0 Å². The van der Waals surface area contributed by atoms with Gasteiger partial charge in [-0.15, -0.1) is 11.3 Å². The smallest absolute Gasteiger partial charge is 0.125 e. The average molecular weight is 233 g/mol. The Morgan fingerprint density at radius 2 is 2.44 bits per heavy atom. The van der Waals surface area contributed by atoms with Crippen LogP contribution in [0.3, 0.4) is 0 Å². The van der Waals surface area contributed by atoms with Crippen LogP contribution < -0.4 is 5.32 Å². The van der Waals surface area contributed by atoms with Crippen molar-refractivity contribution in [3.8, 4) is 10.6 Å². The van der Waals surface area contributed by atoms with E-state index in [-0.39, 0.29) is 0 Å². The molecule has 3 heterocycles. The van der Waals surface area contributed by atoms with E-state index < -0.39 is 0 Å². The third-order valence-corrected chi connectivity index (χ3v) is 4.48. The number of aromatic nitrogens is 2. The van der Waals surface area contributed by atoms with E-state index >= 15 is 0 Å². The first-order valence-electron chi connectivity index (χ1n) is 5.66. The van der Waals surface area contributed by atoms with Crippen LogP contribution in [0.4, 0.5) is 0 Å². The number of hydrogen-bond donors (Lipinski definition) is 2. The van der Waals surface area contributed by atoms with Crippen molar-refractivity contribution < 1.29 is 0 Å². The molecule has 0 amide bonds. The number of aryl methyl sites for hydroxylation is 1. The van der Waals surface area contributed by atoms with E-state index in [0.29, 0.717) is 5.92 Å². The summed E-state index contributed by atoms with van der Waals surface area (Å²) >= 11 is 1.84. The molecule has 1 atom stereocenters. The molecule has 2 aromatic heterocycles. The van der Waals surface area contributed by atoms with Crippen LogP contribution in [0.25, 0.3) is 10.6 Å². The molecule has 2 N–H and O–H groups in total. The molecule has 3 rings (SSSR count). The van der Waals surface area contributed by atoms with Gasteiger partial charge in [0.2, 0.25) is 0 Å². The summed E-state index contributed by atoms with van der Waals surface area (Å²) in [6, 6.07) is 2.08. The molecule has 84 valence electrons. The van der Waals surface area contributed by atoms with Crippen molar-refractivity contribution in [1.82, 2.24) is 15.3 Å². The van der Waals surface area contributed by atoms with E-state index in [1.807, 2.05) is 23.7 Å². The second-order valence-corrected chi connectivity index (χ2v) is 5.29. The van der Waals surface area contributed by atoms with Crippen LogP contribution in [0.5, 0.6) is 0 Å². The lowest BCUT2D eigenvalue weighted by atomic mass is 10.1. The van der Waals surface area contributed by atoms with E-state index in [0.717, 1.165) is 18.1 Å². The zero-order valence-corrected chi connectivity index (χ0v) is 10.1. The van der Waals surface area contributed by atoms with Gasteiger partial charge in [0, 0.05) is 35.3 Å². The molecule has 1 fully saturated rings. The molecule has 0 saturated carbocycles. The number of H-pyrrole nitrogens is 1. The van der Waals surface area contributed by atoms with Crippen LogP contribution in [0, 0.1) is 6.92 Å². The molecule has 1 unspecified atom stereocenters. The van der Waals surface area contributed by atoms with Crippen molar-refractivity contribution in [3.63, 3.8) is 0 Å². The lowest BCUT2D eigenvalue weighted by Gasteiger charge is -2.04. The molecular weight excluding hydrogens is 218 g/mol. The van der Waals surface area contributed by atoms with Crippen LogP contribution in [0.1, 0.15) is 22.9 Å². The van der Waals surface area contributed by atoms with Gasteiger partial charge in [-0.3, -0.25) is 0 Å². The Bertz CT molecular complexity index is 466. The van der Waals surface area contributed by atoms with Gasteiger partial charge in [-0.2, -0.15) is 0 Å². The molecule has 0 aliphatic carbocycles. The molecular formula is C12H15N3S. The van der Waals surface area contributed by atoms with Crippen molar-refractivity contribution in [3.05, 3.63) is 29.0 Å². The number of aromatic amines is 1. The van der Waals surface area contributed by atoms with Crippen LogP contribution in [0.2, 0.25) is 0 Å². The lowest BCUT2D eigenvalue weighted by molar-refractivity contribution is 0.770. The maximum atomic E-state index is 4.67. The van der Waals surface area contributed by atoms with Gasteiger partial charge in [0.05, 0.1) is 5.69 Å². The summed E-state index contributed by atoms with van der Waals surface area (Å²) < 4.78 is 0. The average Bonchev–Trinajstić information content (AvgIpc) is 2.97. The molecule has 2 aromatic rings. The van der Waals surface area contributed by atoms with Gasteiger partial charge in [0.1, 0.15) is 5.01 Å². The zero-order chi connectivity index (χ0) is 11.0.